The average molecular weight is 362 g/mol. The average Bonchev–Trinajstić information content (AvgIpc) is 2.54. The number of anilines is 1. The molecule has 0 saturated carbocycles. The number of benzene rings is 2. The Morgan fingerprint density at radius 1 is 1.12 bits per heavy atom. The van der Waals surface area contributed by atoms with Crippen molar-refractivity contribution in [2.75, 3.05) is 5.32 Å². The monoisotopic (exact) mass is 362 g/mol. The van der Waals surface area contributed by atoms with Gasteiger partial charge in [0.05, 0.1) is 0 Å². The number of carbonyl (C=O) groups is 1. The fourth-order valence-corrected chi connectivity index (χ4v) is 2.59. The number of ether oxygens (including phenoxy) is 1. The molecule has 2 aromatic carbocycles. The lowest BCUT2D eigenvalue weighted by Crippen LogP contribution is -2.30. The first-order valence-electron chi connectivity index (χ1n) is 8.35. The minimum Gasteiger partial charge on any atom is -0.435 e. The SMILES string of the molecule is Cc1cccc(C(C)(C)C)c1NC(=O)NCc1ccc(OC(F)F)cc1. The summed E-state index contributed by atoms with van der Waals surface area (Å²) in [6.45, 7) is 5.65. The smallest absolute Gasteiger partial charge is 0.387 e. The van der Waals surface area contributed by atoms with Crippen LogP contribution in [0.15, 0.2) is 42.5 Å². The van der Waals surface area contributed by atoms with Crippen LogP contribution in [0.1, 0.15) is 37.5 Å². The summed E-state index contributed by atoms with van der Waals surface area (Å²) in [5.74, 6) is 0.0860. The van der Waals surface area contributed by atoms with Crippen molar-refractivity contribution in [3.8, 4) is 5.75 Å². The zero-order valence-corrected chi connectivity index (χ0v) is 15.4. The molecule has 0 unspecified atom stereocenters. The highest BCUT2D eigenvalue weighted by Crippen LogP contribution is 2.31. The third-order valence-corrected chi connectivity index (χ3v) is 3.92. The van der Waals surface area contributed by atoms with Crippen molar-refractivity contribution in [3.05, 3.63) is 59.2 Å². The highest BCUT2D eigenvalue weighted by molar-refractivity contribution is 5.91. The van der Waals surface area contributed by atoms with E-state index >= 15 is 0 Å². The number of urea groups is 1. The predicted molar refractivity (Wildman–Crippen MR) is 98.8 cm³/mol. The largest absolute Gasteiger partial charge is 0.435 e. The lowest BCUT2D eigenvalue weighted by Gasteiger charge is -2.24. The Bertz CT molecular complexity index is 753. The molecule has 26 heavy (non-hydrogen) atoms. The molecule has 0 atom stereocenters. The number of amides is 2. The van der Waals surface area contributed by atoms with Gasteiger partial charge in [-0.1, -0.05) is 51.1 Å². The minimum absolute atomic E-state index is 0.0860. The second-order valence-electron chi connectivity index (χ2n) is 7.08. The van der Waals surface area contributed by atoms with Gasteiger partial charge in [0, 0.05) is 12.2 Å². The van der Waals surface area contributed by atoms with Gasteiger partial charge in [-0.2, -0.15) is 8.78 Å². The van der Waals surface area contributed by atoms with Gasteiger partial charge >= 0.3 is 12.6 Å². The van der Waals surface area contributed by atoms with Gasteiger partial charge in [-0.3, -0.25) is 0 Å². The van der Waals surface area contributed by atoms with E-state index in [9.17, 15) is 13.6 Å². The first kappa shape index (κ1) is 19.7. The predicted octanol–water partition coefficient (Wildman–Crippen LogP) is 5.22. The highest BCUT2D eigenvalue weighted by atomic mass is 19.3. The van der Waals surface area contributed by atoms with Crippen LogP contribution in [-0.2, 0) is 12.0 Å². The van der Waals surface area contributed by atoms with E-state index < -0.39 is 6.61 Å². The standard InChI is InChI=1S/C20H24F2N2O2/c1-13-6-5-7-16(20(2,3)4)17(13)24-19(25)23-12-14-8-10-15(11-9-14)26-18(21)22/h5-11,18H,12H2,1-4H3,(H2,23,24,25). The molecule has 0 radical (unpaired) electrons. The minimum atomic E-state index is -2.85. The van der Waals surface area contributed by atoms with Crippen LogP contribution in [0.25, 0.3) is 0 Å². The fourth-order valence-electron chi connectivity index (χ4n) is 2.59. The summed E-state index contributed by atoms with van der Waals surface area (Å²) < 4.78 is 28.6. The van der Waals surface area contributed by atoms with Gasteiger partial charge in [-0.05, 0) is 41.2 Å². The summed E-state index contributed by atoms with van der Waals surface area (Å²) in [5, 5.41) is 5.69. The number of halogens is 2. The molecule has 2 N–H and O–H groups in total. The quantitative estimate of drug-likeness (QED) is 0.766. The summed E-state index contributed by atoms with van der Waals surface area (Å²) in [7, 11) is 0. The molecule has 2 rings (SSSR count). The normalized spacial score (nSPS) is 11.3. The Balaban J connectivity index is 2.00. The molecule has 0 aromatic heterocycles. The molecule has 2 amide bonds. The lowest BCUT2D eigenvalue weighted by molar-refractivity contribution is -0.0498. The van der Waals surface area contributed by atoms with Gasteiger partial charge in [0.15, 0.2) is 0 Å². The first-order chi connectivity index (χ1) is 12.2. The van der Waals surface area contributed by atoms with Crippen molar-refractivity contribution in [1.82, 2.24) is 5.32 Å². The van der Waals surface area contributed by atoms with Crippen LogP contribution in [0.5, 0.6) is 5.75 Å². The molecule has 6 heteroatoms. The molecular weight excluding hydrogens is 338 g/mol. The van der Waals surface area contributed by atoms with Crippen LogP contribution >= 0.6 is 0 Å². The number of carbonyl (C=O) groups excluding carboxylic acids is 1. The van der Waals surface area contributed by atoms with E-state index in [0.29, 0.717) is 0 Å². The van der Waals surface area contributed by atoms with Crippen molar-refractivity contribution in [2.24, 2.45) is 0 Å². The molecule has 0 fully saturated rings. The number of nitrogens with one attached hydrogen (secondary N) is 2. The van der Waals surface area contributed by atoms with Crippen molar-refractivity contribution in [2.45, 2.75) is 46.3 Å². The highest BCUT2D eigenvalue weighted by Gasteiger charge is 2.20. The van der Waals surface area contributed by atoms with Gasteiger partial charge in [0.25, 0.3) is 0 Å². The summed E-state index contributed by atoms with van der Waals surface area (Å²) in [6.07, 6.45) is 0. The van der Waals surface area contributed by atoms with E-state index in [1.807, 2.05) is 25.1 Å². The molecule has 0 aliphatic rings. The number of rotatable bonds is 5. The third-order valence-electron chi connectivity index (χ3n) is 3.92. The zero-order chi connectivity index (χ0) is 19.3. The van der Waals surface area contributed by atoms with Gasteiger partial charge < -0.3 is 15.4 Å². The molecular formula is C20H24F2N2O2. The van der Waals surface area contributed by atoms with Gasteiger partial charge in [0.1, 0.15) is 5.75 Å². The Morgan fingerprint density at radius 3 is 2.35 bits per heavy atom. The Hall–Kier alpha value is -2.63. The lowest BCUT2D eigenvalue weighted by atomic mass is 9.84. The van der Waals surface area contributed by atoms with Crippen molar-refractivity contribution in [3.63, 3.8) is 0 Å². The Kier molecular flexibility index (Phi) is 6.18. The van der Waals surface area contributed by atoms with E-state index in [1.54, 1.807) is 12.1 Å². The Morgan fingerprint density at radius 2 is 1.77 bits per heavy atom. The van der Waals surface area contributed by atoms with Crippen LogP contribution in [0.4, 0.5) is 19.3 Å². The molecule has 0 spiro atoms. The molecule has 2 aromatic rings. The van der Waals surface area contributed by atoms with Gasteiger partial charge in [-0.25, -0.2) is 4.79 Å². The first-order valence-corrected chi connectivity index (χ1v) is 8.35. The van der Waals surface area contributed by atoms with E-state index in [1.165, 1.54) is 12.1 Å². The second kappa shape index (κ2) is 8.17. The molecule has 0 aliphatic carbocycles. The third kappa shape index (κ3) is 5.44. The van der Waals surface area contributed by atoms with Gasteiger partial charge in [0.2, 0.25) is 0 Å². The number of hydrogen-bond donors (Lipinski definition) is 2. The summed E-state index contributed by atoms with van der Waals surface area (Å²) in [4.78, 5) is 12.3. The van der Waals surface area contributed by atoms with E-state index in [0.717, 1.165) is 22.4 Å². The summed E-state index contributed by atoms with van der Waals surface area (Å²) >= 11 is 0. The molecule has 140 valence electrons. The summed E-state index contributed by atoms with van der Waals surface area (Å²) in [5.41, 5.74) is 3.53. The van der Waals surface area contributed by atoms with Crippen LogP contribution in [0.2, 0.25) is 0 Å². The van der Waals surface area contributed by atoms with Crippen LogP contribution < -0.4 is 15.4 Å². The van der Waals surface area contributed by atoms with Crippen molar-refractivity contribution < 1.29 is 18.3 Å². The molecule has 0 heterocycles. The van der Waals surface area contributed by atoms with Crippen molar-refractivity contribution >= 4 is 11.7 Å². The second-order valence-corrected chi connectivity index (χ2v) is 7.08. The van der Waals surface area contributed by atoms with Crippen LogP contribution in [0, 0.1) is 6.92 Å². The number of hydrogen-bond acceptors (Lipinski definition) is 2. The molecule has 0 bridgehead atoms. The molecule has 0 saturated heterocycles. The van der Waals surface area contributed by atoms with E-state index in [2.05, 4.69) is 36.1 Å². The molecule has 0 aliphatic heterocycles. The summed E-state index contributed by atoms with van der Waals surface area (Å²) in [6, 6.07) is 11.8. The van der Waals surface area contributed by atoms with Crippen molar-refractivity contribution in [1.29, 1.82) is 0 Å². The maximum absolute atomic E-state index is 12.3. The van der Waals surface area contributed by atoms with Gasteiger partial charge in [-0.15, -0.1) is 0 Å². The van der Waals surface area contributed by atoms with E-state index in [4.69, 9.17) is 0 Å². The van der Waals surface area contributed by atoms with Crippen LogP contribution in [0.3, 0.4) is 0 Å². The molecule has 4 nitrogen and oxygen atoms in total. The van der Waals surface area contributed by atoms with Crippen LogP contribution in [-0.4, -0.2) is 12.6 Å². The maximum Gasteiger partial charge on any atom is 0.387 e. The number of para-hydroxylation sites is 1. The maximum atomic E-state index is 12.3. The number of alkyl halides is 2. The van der Waals surface area contributed by atoms with E-state index in [-0.39, 0.29) is 23.7 Å². The Labute approximate surface area is 152 Å². The fraction of sp³-hybridized carbons (Fsp3) is 0.350. The topological polar surface area (TPSA) is 50.4 Å². The number of aryl methyl sites for hydroxylation is 1. The zero-order valence-electron chi connectivity index (χ0n) is 15.4.